The maximum absolute atomic E-state index is 11.6. The molecule has 18 heavy (non-hydrogen) atoms. The normalized spacial score (nSPS) is 25.8. The van der Waals surface area contributed by atoms with Gasteiger partial charge in [-0.3, -0.25) is 4.79 Å². The van der Waals surface area contributed by atoms with Gasteiger partial charge in [-0.25, -0.2) is 0 Å². The molecule has 0 aliphatic heterocycles. The van der Waals surface area contributed by atoms with Crippen molar-refractivity contribution in [3.63, 3.8) is 0 Å². The number of aliphatic carboxylic acids is 1. The highest BCUT2D eigenvalue weighted by atomic mass is 16.4. The highest BCUT2D eigenvalue weighted by molar-refractivity contribution is 5.82. The molecule has 0 amide bonds. The molecule has 0 spiro atoms. The number of benzene rings is 1. The molecule has 0 heterocycles. The average molecular weight is 244 g/mol. The van der Waals surface area contributed by atoms with Crippen molar-refractivity contribution >= 4 is 12.0 Å². The van der Waals surface area contributed by atoms with Crippen LogP contribution in [0.1, 0.15) is 50.2 Å². The summed E-state index contributed by atoms with van der Waals surface area (Å²) in [4.78, 5) is 11.6. The minimum Gasteiger partial charge on any atom is -0.481 e. The molecular formula is C16H20O2. The molecule has 0 bridgehead atoms. The van der Waals surface area contributed by atoms with Gasteiger partial charge in [0, 0.05) is 5.92 Å². The van der Waals surface area contributed by atoms with Crippen molar-refractivity contribution in [1.29, 1.82) is 0 Å². The lowest BCUT2D eigenvalue weighted by atomic mass is 9.67. The molecule has 2 nitrogen and oxygen atoms in total. The van der Waals surface area contributed by atoms with Gasteiger partial charge in [-0.15, -0.1) is 0 Å². The smallest absolute Gasteiger partial charge is 0.313 e. The lowest BCUT2D eigenvalue weighted by Crippen LogP contribution is -2.34. The summed E-state index contributed by atoms with van der Waals surface area (Å²) in [6.07, 6.45) is 6.90. The van der Waals surface area contributed by atoms with Gasteiger partial charge in [0.05, 0.1) is 5.41 Å². The van der Waals surface area contributed by atoms with Gasteiger partial charge in [0.25, 0.3) is 0 Å². The van der Waals surface area contributed by atoms with Crippen molar-refractivity contribution in [2.45, 2.75) is 39.0 Å². The second-order valence-corrected chi connectivity index (χ2v) is 5.24. The quantitative estimate of drug-likeness (QED) is 0.866. The Balaban J connectivity index is 2.44. The molecule has 96 valence electrons. The van der Waals surface area contributed by atoms with E-state index in [0.29, 0.717) is 0 Å². The van der Waals surface area contributed by atoms with Gasteiger partial charge in [-0.05, 0) is 24.5 Å². The van der Waals surface area contributed by atoms with Crippen LogP contribution in [0.5, 0.6) is 0 Å². The fourth-order valence-corrected chi connectivity index (χ4v) is 2.77. The fourth-order valence-electron chi connectivity index (χ4n) is 2.77. The molecule has 0 unspecified atom stereocenters. The van der Waals surface area contributed by atoms with Crippen molar-refractivity contribution in [3.8, 4) is 0 Å². The van der Waals surface area contributed by atoms with E-state index < -0.39 is 11.4 Å². The molecule has 1 aliphatic rings. The molecule has 0 saturated heterocycles. The second-order valence-electron chi connectivity index (χ2n) is 5.24. The fraction of sp³-hybridized carbons (Fsp3) is 0.438. The van der Waals surface area contributed by atoms with Crippen LogP contribution in [-0.2, 0) is 4.79 Å². The number of hydrogen-bond donors (Lipinski definition) is 1. The summed E-state index contributed by atoms with van der Waals surface area (Å²) in [5.74, 6) is -0.648. The van der Waals surface area contributed by atoms with Gasteiger partial charge < -0.3 is 5.11 Å². The Morgan fingerprint density at radius 1 is 1.39 bits per heavy atom. The van der Waals surface area contributed by atoms with E-state index in [2.05, 4.69) is 19.1 Å². The Bertz CT molecular complexity index is 476. The number of carboxylic acids is 1. The van der Waals surface area contributed by atoms with E-state index in [1.807, 2.05) is 31.2 Å². The van der Waals surface area contributed by atoms with Crippen molar-refractivity contribution in [3.05, 3.63) is 41.5 Å². The number of rotatable bonds is 4. The summed E-state index contributed by atoms with van der Waals surface area (Å²) in [5.41, 5.74) is 1.57. The molecule has 2 rings (SSSR count). The van der Waals surface area contributed by atoms with E-state index in [4.69, 9.17) is 0 Å². The largest absolute Gasteiger partial charge is 0.481 e. The third-order valence-electron chi connectivity index (χ3n) is 4.01. The van der Waals surface area contributed by atoms with Crippen LogP contribution in [0.25, 0.3) is 6.08 Å². The van der Waals surface area contributed by atoms with Gasteiger partial charge in [-0.2, -0.15) is 0 Å². The topological polar surface area (TPSA) is 37.3 Å². The number of fused-ring (bicyclic) bond motifs is 1. The number of unbranched alkanes of at least 4 members (excludes halogenated alkanes) is 1. The Morgan fingerprint density at radius 2 is 2.11 bits per heavy atom. The van der Waals surface area contributed by atoms with Gasteiger partial charge >= 0.3 is 5.97 Å². The monoisotopic (exact) mass is 244 g/mol. The number of carbonyl (C=O) groups is 1. The average Bonchev–Trinajstić information content (AvgIpc) is 2.37. The van der Waals surface area contributed by atoms with E-state index in [9.17, 15) is 9.90 Å². The number of hydrogen-bond acceptors (Lipinski definition) is 1. The molecule has 0 aromatic heterocycles. The van der Waals surface area contributed by atoms with Gasteiger partial charge in [0.1, 0.15) is 0 Å². The molecule has 1 aromatic carbocycles. The van der Waals surface area contributed by atoms with Crippen LogP contribution in [0.15, 0.2) is 30.3 Å². The molecule has 1 N–H and O–H groups in total. The lowest BCUT2D eigenvalue weighted by Gasteiger charge is -2.35. The first kappa shape index (κ1) is 12.9. The molecule has 0 fully saturated rings. The molecule has 1 aromatic rings. The van der Waals surface area contributed by atoms with Crippen LogP contribution in [0.2, 0.25) is 0 Å². The van der Waals surface area contributed by atoms with E-state index >= 15 is 0 Å². The molecule has 2 atom stereocenters. The predicted molar refractivity (Wildman–Crippen MR) is 73.5 cm³/mol. The van der Waals surface area contributed by atoms with E-state index in [0.717, 1.165) is 24.8 Å². The second kappa shape index (κ2) is 4.97. The first-order valence-electron chi connectivity index (χ1n) is 6.61. The van der Waals surface area contributed by atoms with Crippen molar-refractivity contribution in [2.75, 3.05) is 0 Å². The van der Waals surface area contributed by atoms with Crippen LogP contribution in [0, 0.1) is 5.41 Å². The van der Waals surface area contributed by atoms with Gasteiger partial charge in [0.2, 0.25) is 0 Å². The summed E-state index contributed by atoms with van der Waals surface area (Å²) in [5, 5.41) is 9.54. The van der Waals surface area contributed by atoms with E-state index in [-0.39, 0.29) is 5.92 Å². The van der Waals surface area contributed by atoms with Crippen molar-refractivity contribution < 1.29 is 9.90 Å². The van der Waals surface area contributed by atoms with Crippen LogP contribution >= 0.6 is 0 Å². The molecule has 0 saturated carbocycles. The van der Waals surface area contributed by atoms with E-state index in [1.54, 1.807) is 0 Å². The van der Waals surface area contributed by atoms with Gasteiger partial charge in [0.15, 0.2) is 0 Å². The Hall–Kier alpha value is -1.57. The third-order valence-corrected chi connectivity index (χ3v) is 4.01. The zero-order valence-corrected chi connectivity index (χ0v) is 11.0. The van der Waals surface area contributed by atoms with Crippen LogP contribution in [-0.4, -0.2) is 11.1 Å². The van der Waals surface area contributed by atoms with E-state index in [1.165, 1.54) is 5.56 Å². The third kappa shape index (κ3) is 2.07. The van der Waals surface area contributed by atoms with Crippen LogP contribution in [0.3, 0.4) is 0 Å². The minimum absolute atomic E-state index is 0.0798. The summed E-state index contributed by atoms with van der Waals surface area (Å²) in [6, 6.07) is 8.13. The SMILES string of the molecule is CCCC[C@H]1c2ccccc2C=C[C@]1(C)C(=O)O. The maximum atomic E-state index is 11.6. The van der Waals surface area contributed by atoms with Crippen LogP contribution < -0.4 is 0 Å². The molecular weight excluding hydrogens is 224 g/mol. The first-order chi connectivity index (χ1) is 8.59. The minimum atomic E-state index is -0.774. The molecule has 0 radical (unpaired) electrons. The predicted octanol–water partition coefficient (Wildman–Crippen LogP) is 4.08. The Labute approximate surface area is 108 Å². The Kier molecular flexibility index (Phi) is 3.55. The number of carboxylic acid groups (broad SMARTS) is 1. The zero-order valence-electron chi connectivity index (χ0n) is 11.0. The molecule has 1 aliphatic carbocycles. The Morgan fingerprint density at radius 3 is 2.78 bits per heavy atom. The van der Waals surface area contributed by atoms with Crippen LogP contribution in [0.4, 0.5) is 0 Å². The highest BCUT2D eigenvalue weighted by Crippen LogP contribution is 2.46. The summed E-state index contributed by atoms with van der Waals surface area (Å²) in [6.45, 7) is 3.98. The summed E-state index contributed by atoms with van der Waals surface area (Å²) in [7, 11) is 0. The lowest BCUT2D eigenvalue weighted by molar-refractivity contribution is -0.146. The standard InChI is InChI=1S/C16H20O2/c1-3-4-9-14-13-8-6-5-7-12(13)10-11-16(14,2)15(17)18/h5-8,10-11,14H,3-4,9H2,1-2H3,(H,17,18)/t14-,16-/m0/s1. The first-order valence-corrected chi connectivity index (χ1v) is 6.61. The van der Waals surface area contributed by atoms with Crippen molar-refractivity contribution in [1.82, 2.24) is 0 Å². The summed E-state index contributed by atoms with van der Waals surface area (Å²) < 4.78 is 0. The highest BCUT2D eigenvalue weighted by Gasteiger charge is 2.42. The van der Waals surface area contributed by atoms with Gasteiger partial charge in [-0.1, -0.05) is 56.2 Å². The summed E-state index contributed by atoms with van der Waals surface area (Å²) >= 11 is 0. The zero-order chi connectivity index (χ0) is 13.2. The molecule has 2 heteroatoms. The van der Waals surface area contributed by atoms with Crippen molar-refractivity contribution in [2.24, 2.45) is 5.41 Å². The maximum Gasteiger partial charge on any atom is 0.313 e.